The van der Waals surface area contributed by atoms with Crippen molar-refractivity contribution in [2.75, 3.05) is 0 Å². The van der Waals surface area contributed by atoms with Gasteiger partial charge < -0.3 is 0 Å². The number of hydrazine groups is 1. The molecule has 1 aromatic carbocycles. The molecule has 0 heterocycles. The van der Waals surface area contributed by atoms with E-state index in [0.29, 0.717) is 12.0 Å². The van der Waals surface area contributed by atoms with Gasteiger partial charge in [0.25, 0.3) is 0 Å². The molecule has 3 N–H and O–H groups in total. The van der Waals surface area contributed by atoms with E-state index in [1.807, 2.05) is 0 Å². The molecule has 17 heavy (non-hydrogen) atoms. The molecule has 1 saturated carbocycles. The van der Waals surface area contributed by atoms with Crippen molar-refractivity contribution in [3.8, 4) is 0 Å². The Morgan fingerprint density at radius 1 is 1.24 bits per heavy atom. The van der Waals surface area contributed by atoms with Gasteiger partial charge in [0.2, 0.25) is 0 Å². The lowest BCUT2D eigenvalue weighted by Crippen LogP contribution is -2.35. The number of nitrogens with one attached hydrogen (secondary N) is 1. The Kier molecular flexibility index (Phi) is 4.19. The van der Waals surface area contributed by atoms with Crippen LogP contribution >= 0.6 is 0 Å². The minimum atomic E-state index is 0.318. The molecule has 94 valence electrons. The summed E-state index contributed by atoms with van der Waals surface area (Å²) < 4.78 is 0. The minimum absolute atomic E-state index is 0.318. The summed E-state index contributed by atoms with van der Waals surface area (Å²) >= 11 is 0. The fraction of sp³-hybridized carbons (Fsp3) is 0.600. The number of benzene rings is 1. The second-order valence-electron chi connectivity index (χ2n) is 5.59. The Morgan fingerprint density at radius 2 is 1.94 bits per heavy atom. The largest absolute Gasteiger partial charge is 0.271 e. The maximum Gasteiger partial charge on any atom is 0.0488 e. The summed E-state index contributed by atoms with van der Waals surface area (Å²) in [6, 6.07) is 9.08. The first-order chi connectivity index (χ1) is 8.20. The molecule has 1 fully saturated rings. The monoisotopic (exact) mass is 232 g/mol. The third-order valence-electron chi connectivity index (χ3n) is 4.06. The smallest absolute Gasteiger partial charge is 0.0488 e. The molecule has 1 aliphatic rings. The average Bonchev–Trinajstić information content (AvgIpc) is 2.33. The van der Waals surface area contributed by atoms with Crippen LogP contribution < -0.4 is 11.3 Å². The molecule has 2 nitrogen and oxygen atoms in total. The molecule has 0 aromatic heterocycles. The zero-order valence-corrected chi connectivity index (χ0v) is 10.9. The predicted molar refractivity (Wildman–Crippen MR) is 72.4 cm³/mol. The molecule has 2 rings (SSSR count). The first-order valence-electron chi connectivity index (χ1n) is 6.73. The van der Waals surface area contributed by atoms with Crippen LogP contribution in [-0.2, 0) is 0 Å². The van der Waals surface area contributed by atoms with Crippen LogP contribution in [0.2, 0.25) is 0 Å². The van der Waals surface area contributed by atoms with Gasteiger partial charge in [-0.1, -0.05) is 49.6 Å². The summed E-state index contributed by atoms with van der Waals surface area (Å²) in [6.45, 7) is 4.48. The van der Waals surface area contributed by atoms with Crippen LogP contribution in [0.3, 0.4) is 0 Å². The predicted octanol–water partition coefficient (Wildman–Crippen LogP) is 3.33. The van der Waals surface area contributed by atoms with Crippen LogP contribution in [0, 0.1) is 18.8 Å². The lowest BCUT2D eigenvalue weighted by Gasteiger charge is -2.33. The van der Waals surface area contributed by atoms with E-state index in [0.717, 1.165) is 5.92 Å². The van der Waals surface area contributed by atoms with Crippen LogP contribution in [0.5, 0.6) is 0 Å². The molecule has 0 spiro atoms. The first-order valence-corrected chi connectivity index (χ1v) is 6.73. The highest BCUT2D eigenvalue weighted by Gasteiger charge is 2.26. The van der Waals surface area contributed by atoms with E-state index in [4.69, 9.17) is 5.84 Å². The van der Waals surface area contributed by atoms with Gasteiger partial charge in [0.1, 0.15) is 0 Å². The summed E-state index contributed by atoms with van der Waals surface area (Å²) in [5, 5.41) is 0. The maximum absolute atomic E-state index is 5.77. The van der Waals surface area contributed by atoms with E-state index in [2.05, 4.69) is 43.5 Å². The topological polar surface area (TPSA) is 38.0 Å². The van der Waals surface area contributed by atoms with E-state index >= 15 is 0 Å². The number of nitrogens with two attached hydrogens (primary N) is 1. The lowest BCUT2D eigenvalue weighted by atomic mass is 9.77. The normalized spacial score (nSPS) is 26.8. The zero-order chi connectivity index (χ0) is 12.3. The second-order valence-corrected chi connectivity index (χ2v) is 5.59. The summed E-state index contributed by atoms with van der Waals surface area (Å²) in [6.07, 6.45) is 5.31. The molecule has 3 unspecified atom stereocenters. The third-order valence-corrected chi connectivity index (χ3v) is 4.06. The Balaban J connectivity index is 2.12. The highest BCUT2D eigenvalue weighted by molar-refractivity contribution is 5.24. The molecule has 0 radical (unpaired) electrons. The van der Waals surface area contributed by atoms with Crippen molar-refractivity contribution < 1.29 is 0 Å². The molecular weight excluding hydrogens is 208 g/mol. The van der Waals surface area contributed by atoms with Crippen molar-refractivity contribution in [3.05, 3.63) is 35.4 Å². The van der Waals surface area contributed by atoms with Crippen molar-refractivity contribution >= 4 is 0 Å². The molecule has 2 heteroatoms. The van der Waals surface area contributed by atoms with Gasteiger partial charge in [-0.3, -0.25) is 11.3 Å². The van der Waals surface area contributed by atoms with Gasteiger partial charge in [0.05, 0.1) is 0 Å². The van der Waals surface area contributed by atoms with Crippen molar-refractivity contribution in [2.45, 2.75) is 45.6 Å². The van der Waals surface area contributed by atoms with Crippen LogP contribution in [-0.4, -0.2) is 0 Å². The highest BCUT2D eigenvalue weighted by Crippen LogP contribution is 2.36. The standard InChI is InChI=1S/C15H24N2/c1-11-6-8-13(9-7-11)15(17-16)14-5-3-4-12(2)10-14/h6-9,12,14-15,17H,3-5,10,16H2,1-2H3. The van der Waals surface area contributed by atoms with Gasteiger partial charge in [0, 0.05) is 6.04 Å². The highest BCUT2D eigenvalue weighted by atomic mass is 15.2. The average molecular weight is 232 g/mol. The molecule has 3 atom stereocenters. The molecular formula is C15H24N2. The van der Waals surface area contributed by atoms with Gasteiger partial charge in [0.15, 0.2) is 0 Å². The third kappa shape index (κ3) is 3.08. The van der Waals surface area contributed by atoms with E-state index in [9.17, 15) is 0 Å². The van der Waals surface area contributed by atoms with Crippen molar-refractivity contribution in [1.29, 1.82) is 0 Å². The summed E-state index contributed by atoms with van der Waals surface area (Å²) in [5.74, 6) is 7.30. The molecule has 0 bridgehead atoms. The molecule has 0 saturated heterocycles. The first kappa shape index (κ1) is 12.6. The summed E-state index contributed by atoms with van der Waals surface area (Å²) in [4.78, 5) is 0. The Morgan fingerprint density at radius 3 is 2.53 bits per heavy atom. The van der Waals surface area contributed by atoms with Gasteiger partial charge >= 0.3 is 0 Å². The van der Waals surface area contributed by atoms with Crippen LogP contribution in [0.15, 0.2) is 24.3 Å². The van der Waals surface area contributed by atoms with Crippen molar-refractivity contribution in [1.82, 2.24) is 5.43 Å². The molecule has 0 amide bonds. The van der Waals surface area contributed by atoms with Crippen molar-refractivity contribution in [2.24, 2.45) is 17.7 Å². The maximum atomic E-state index is 5.77. The molecule has 1 aromatic rings. The Bertz CT molecular complexity index is 344. The van der Waals surface area contributed by atoms with Crippen molar-refractivity contribution in [3.63, 3.8) is 0 Å². The van der Waals surface area contributed by atoms with E-state index in [1.165, 1.54) is 36.8 Å². The molecule has 1 aliphatic carbocycles. The fourth-order valence-electron chi connectivity index (χ4n) is 3.06. The van der Waals surface area contributed by atoms with Gasteiger partial charge in [-0.15, -0.1) is 0 Å². The Labute approximate surface area is 105 Å². The zero-order valence-electron chi connectivity index (χ0n) is 10.9. The second kappa shape index (κ2) is 5.65. The number of rotatable bonds is 3. The van der Waals surface area contributed by atoms with E-state index in [-0.39, 0.29) is 0 Å². The minimum Gasteiger partial charge on any atom is -0.271 e. The number of aryl methyl sites for hydroxylation is 1. The quantitative estimate of drug-likeness (QED) is 0.619. The van der Waals surface area contributed by atoms with Gasteiger partial charge in [-0.05, 0) is 37.2 Å². The van der Waals surface area contributed by atoms with E-state index < -0.39 is 0 Å². The van der Waals surface area contributed by atoms with Crippen LogP contribution in [0.4, 0.5) is 0 Å². The fourth-order valence-corrected chi connectivity index (χ4v) is 3.06. The summed E-state index contributed by atoms with van der Waals surface area (Å²) in [5.41, 5.74) is 5.67. The van der Waals surface area contributed by atoms with Gasteiger partial charge in [-0.2, -0.15) is 0 Å². The summed E-state index contributed by atoms with van der Waals surface area (Å²) in [7, 11) is 0. The van der Waals surface area contributed by atoms with Crippen LogP contribution in [0.25, 0.3) is 0 Å². The lowest BCUT2D eigenvalue weighted by molar-refractivity contribution is 0.224. The van der Waals surface area contributed by atoms with E-state index in [1.54, 1.807) is 0 Å². The van der Waals surface area contributed by atoms with Gasteiger partial charge in [-0.25, -0.2) is 0 Å². The SMILES string of the molecule is Cc1ccc(C(NN)C2CCCC(C)C2)cc1. The molecule has 0 aliphatic heterocycles. The number of hydrogen-bond acceptors (Lipinski definition) is 2. The Hall–Kier alpha value is -0.860. The number of hydrogen-bond donors (Lipinski definition) is 2. The van der Waals surface area contributed by atoms with Crippen LogP contribution in [0.1, 0.15) is 49.8 Å².